The molecule has 0 spiro atoms. The van der Waals surface area contributed by atoms with Crippen LogP contribution in [0, 0.1) is 0 Å². The molecule has 6 heteroatoms. The Morgan fingerprint density at radius 2 is 1.77 bits per heavy atom. The molecule has 0 aliphatic heterocycles. The zero-order valence-corrected chi connectivity index (χ0v) is 13.7. The lowest BCUT2D eigenvalue weighted by atomic mass is 10.1. The fourth-order valence-electron chi connectivity index (χ4n) is 2.86. The summed E-state index contributed by atoms with van der Waals surface area (Å²) < 4.78 is 1.81. The Labute approximate surface area is 149 Å². The maximum atomic E-state index is 12.7. The molecule has 0 saturated heterocycles. The van der Waals surface area contributed by atoms with Gasteiger partial charge in [0.05, 0.1) is 17.6 Å². The number of Topliss-reactive ketones (excluding diaryl/α,β-unsaturated/α-hetero) is 1. The molecular formula is C20H15N3O3. The first-order valence-electron chi connectivity index (χ1n) is 8.05. The van der Waals surface area contributed by atoms with Crippen molar-refractivity contribution in [3.05, 3.63) is 72.4 Å². The number of para-hydroxylation sites is 2. The number of carbonyl (C=O) groups excluding carboxylic acids is 1. The maximum Gasteiger partial charge on any atom is 0.182 e. The van der Waals surface area contributed by atoms with Crippen LogP contribution in [0.3, 0.4) is 0 Å². The van der Waals surface area contributed by atoms with Gasteiger partial charge in [0.25, 0.3) is 0 Å². The van der Waals surface area contributed by atoms with Crippen molar-refractivity contribution in [2.45, 2.75) is 6.54 Å². The zero-order valence-electron chi connectivity index (χ0n) is 13.7. The molecule has 2 heterocycles. The molecule has 0 bridgehead atoms. The van der Waals surface area contributed by atoms with Gasteiger partial charge in [-0.1, -0.05) is 18.2 Å². The Morgan fingerprint density at radius 1 is 0.962 bits per heavy atom. The fraction of sp³-hybridized carbons (Fsp3) is 0.0500. The van der Waals surface area contributed by atoms with Gasteiger partial charge in [-0.05, 0) is 42.5 Å². The first kappa shape index (κ1) is 15.8. The first-order chi connectivity index (χ1) is 12.6. The number of ketones is 1. The molecule has 0 amide bonds. The highest BCUT2D eigenvalue weighted by Gasteiger charge is 2.17. The van der Waals surface area contributed by atoms with E-state index in [9.17, 15) is 15.0 Å². The van der Waals surface area contributed by atoms with Crippen molar-refractivity contribution in [2.75, 3.05) is 0 Å². The van der Waals surface area contributed by atoms with Crippen LogP contribution in [0.4, 0.5) is 0 Å². The number of imidazole rings is 1. The van der Waals surface area contributed by atoms with E-state index in [1.165, 1.54) is 18.2 Å². The van der Waals surface area contributed by atoms with Crippen molar-refractivity contribution < 1.29 is 15.0 Å². The maximum absolute atomic E-state index is 12.7. The van der Waals surface area contributed by atoms with Crippen LogP contribution in [-0.2, 0) is 6.54 Å². The van der Waals surface area contributed by atoms with Crippen LogP contribution in [0.15, 0.2) is 66.9 Å². The predicted molar refractivity (Wildman–Crippen MR) is 97.1 cm³/mol. The molecule has 0 saturated carbocycles. The van der Waals surface area contributed by atoms with E-state index in [1.54, 1.807) is 6.20 Å². The second-order valence-electron chi connectivity index (χ2n) is 5.85. The molecule has 0 unspecified atom stereocenters. The molecule has 4 rings (SSSR count). The van der Waals surface area contributed by atoms with Crippen molar-refractivity contribution in [3.63, 3.8) is 0 Å². The summed E-state index contributed by atoms with van der Waals surface area (Å²) in [7, 11) is 0. The van der Waals surface area contributed by atoms with Gasteiger partial charge in [0.15, 0.2) is 23.1 Å². The molecule has 2 aromatic heterocycles. The van der Waals surface area contributed by atoms with Gasteiger partial charge in [0, 0.05) is 11.8 Å². The van der Waals surface area contributed by atoms with E-state index in [1.807, 2.05) is 47.0 Å². The summed E-state index contributed by atoms with van der Waals surface area (Å²) in [6, 6.07) is 17.1. The first-order valence-corrected chi connectivity index (χ1v) is 8.05. The summed E-state index contributed by atoms with van der Waals surface area (Å²) in [5, 5.41) is 19.1. The van der Waals surface area contributed by atoms with Crippen LogP contribution in [0.2, 0.25) is 0 Å². The third kappa shape index (κ3) is 2.77. The van der Waals surface area contributed by atoms with E-state index in [0.717, 1.165) is 11.0 Å². The molecule has 2 N–H and O–H groups in total. The smallest absolute Gasteiger partial charge is 0.182 e. The number of phenolic OH excluding ortho intramolecular Hbond substituents is 2. The minimum absolute atomic E-state index is 0.0383. The van der Waals surface area contributed by atoms with E-state index in [0.29, 0.717) is 17.1 Å². The number of carbonyl (C=O) groups is 1. The van der Waals surface area contributed by atoms with Crippen molar-refractivity contribution >= 4 is 16.8 Å². The van der Waals surface area contributed by atoms with Crippen molar-refractivity contribution in [1.82, 2.24) is 14.5 Å². The van der Waals surface area contributed by atoms with E-state index in [4.69, 9.17) is 0 Å². The summed E-state index contributed by atoms with van der Waals surface area (Å²) in [5.74, 6) is -0.191. The number of fused-ring (bicyclic) bond motifs is 1. The average Bonchev–Trinajstić information content (AvgIpc) is 3.03. The molecule has 0 radical (unpaired) electrons. The lowest BCUT2D eigenvalue weighted by molar-refractivity contribution is 0.0973. The molecule has 26 heavy (non-hydrogen) atoms. The molecule has 0 aliphatic rings. The van der Waals surface area contributed by atoms with Gasteiger partial charge in [-0.15, -0.1) is 0 Å². The van der Waals surface area contributed by atoms with Crippen molar-refractivity contribution in [2.24, 2.45) is 0 Å². The van der Waals surface area contributed by atoms with Crippen molar-refractivity contribution in [3.8, 4) is 23.0 Å². The van der Waals surface area contributed by atoms with Crippen LogP contribution >= 0.6 is 0 Å². The molecule has 0 fully saturated rings. The standard InChI is InChI=1S/C20H15N3O3/c24-17-9-8-13(11-18(17)25)19(26)12-23-16-7-2-1-5-14(16)22-20(23)15-6-3-4-10-21-15/h1-11,24-25H,12H2. The lowest BCUT2D eigenvalue weighted by Crippen LogP contribution is -2.12. The number of benzene rings is 2. The molecule has 0 aliphatic carbocycles. The third-order valence-electron chi connectivity index (χ3n) is 4.15. The molecule has 2 aromatic carbocycles. The summed E-state index contributed by atoms with van der Waals surface area (Å²) in [5.41, 5.74) is 2.58. The quantitative estimate of drug-likeness (QED) is 0.437. The number of aromatic nitrogens is 3. The van der Waals surface area contributed by atoms with Gasteiger partial charge in [-0.3, -0.25) is 9.78 Å². The van der Waals surface area contributed by atoms with Gasteiger partial charge in [-0.2, -0.15) is 0 Å². The summed E-state index contributed by atoms with van der Waals surface area (Å²) >= 11 is 0. The number of aromatic hydroxyl groups is 2. The minimum atomic E-state index is -0.323. The third-order valence-corrected chi connectivity index (χ3v) is 4.15. The normalized spacial score (nSPS) is 10.9. The molecule has 4 aromatic rings. The van der Waals surface area contributed by atoms with Gasteiger partial charge in [0.2, 0.25) is 0 Å². The highest BCUT2D eigenvalue weighted by molar-refractivity contribution is 5.97. The Balaban J connectivity index is 1.80. The van der Waals surface area contributed by atoms with E-state index in [-0.39, 0.29) is 23.8 Å². The van der Waals surface area contributed by atoms with Crippen LogP contribution in [-0.4, -0.2) is 30.5 Å². The predicted octanol–water partition coefficient (Wildman–Crippen LogP) is 3.39. The van der Waals surface area contributed by atoms with Gasteiger partial charge in [0.1, 0.15) is 5.69 Å². The van der Waals surface area contributed by atoms with Crippen LogP contribution < -0.4 is 0 Å². The highest BCUT2D eigenvalue weighted by Crippen LogP contribution is 2.27. The largest absolute Gasteiger partial charge is 0.504 e. The summed E-state index contributed by atoms with van der Waals surface area (Å²) in [4.78, 5) is 21.7. The van der Waals surface area contributed by atoms with Gasteiger partial charge < -0.3 is 14.8 Å². The monoisotopic (exact) mass is 345 g/mol. The number of pyridine rings is 1. The van der Waals surface area contributed by atoms with Gasteiger partial charge in [-0.25, -0.2) is 4.98 Å². The van der Waals surface area contributed by atoms with Crippen LogP contribution in [0.5, 0.6) is 11.5 Å². The second-order valence-corrected chi connectivity index (χ2v) is 5.85. The SMILES string of the molecule is O=C(Cn1c(-c2ccccn2)nc2ccccc21)c1ccc(O)c(O)c1. The fourth-order valence-corrected chi connectivity index (χ4v) is 2.86. The average molecular weight is 345 g/mol. The van der Waals surface area contributed by atoms with Crippen LogP contribution in [0.1, 0.15) is 10.4 Å². The zero-order chi connectivity index (χ0) is 18.1. The lowest BCUT2D eigenvalue weighted by Gasteiger charge is -2.09. The Kier molecular flexibility index (Phi) is 3.85. The number of rotatable bonds is 4. The van der Waals surface area contributed by atoms with Gasteiger partial charge >= 0.3 is 0 Å². The Morgan fingerprint density at radius 3 is 2.54 bits per heavy atom. The number of hydrogen-bond acceptors (Lipinski definition) is 5. The topological polar surface area (TPSA) is 88.2 Å². The molecular weight excluding hydrogens is 330 g/mol. The number of phenols is 2. The van der Waals surface area contributed by atoms with E-state index >= 15 is 0 Å². The Bertz CT molecular complexity index is 1100. The van der Waals surface area contributed by atoms with Crippen molar-refractivity contribution in [1.29, 1.82) is 0 Å². The van der Waals surface area contributed by atoms with E-state index in [2.05, 4.69) is 9.97 Å². The molecule has 6 nitrogen and oxygen atoms in total. The molecule has 128 valence electrons. The highest BCUT2D eigenvalue weighted by atomic mass is 16.3. The Hall–Kier alpha value is -3.67. The molecule has 0 atom stereocenters. The minimum Gasteiger partial charge on any atom is -0.504 e. The van der Waals surface area contributed by atoms with E-state index < -0.39 is 0 Å². The number of hydrogen-bond donors (Lipinski definition) is 2. The summed E-state index contributed by atoms with van der Waals surface area (Å²) in [6.07, 6.45) is 1.68. The number of nitrogens with zero attached hydrogens (tertiary/aromatic N) is 3. The van der Waals surface area contributed by atoms with Crippen LogP contribution in [0.25, 0.3) is 22.6 Å². The second kappa shape index (κ2) is 6.33. The summed E-state index contributed by atoms with van der Waals surface area (Å²) in [6.45, 7) is 0.0383.